The Kier molecular flexibility index (Phi) is 2.52. The summed E-state index contributed by atoms with van der Waals surface area (Å²) in [7, 11) is 0. The lowest BCUT2D eigenvalue weighted by Crippen LogP contribution is -2.44. The Bertz CT molecular complexity index is 1020. The van der Waals surface area contributed by atoms with Crippen LogP contribution >= 0.6 is 12.2 Å². The maximum atomic E-state index is 6.08. The van der Waals surface area contributed by atoms with E-state index in [4.69, 9.17) is 23.0 Å². The van der Waals surface area contributed by atoms with Gasteiger partial charge in [0.05, 0.1) is 10.9 Å². The minimum atomic E-state index is 0.449. The van der Waals surface area contributed by atoms with Gasteiger partial charge in [0.1, 0.15) is 0 Å². The maximum absolute atomic E-state index is 6.08. The van der Waals surface area contributed by atoms with E-state index in [9.17, 15) is 0 Å². The van der Waals surface area contributed by atoms with Crippen molar-refractivity contribution in [1.82, 2.24) is 14.6 Å². The predicted octanol–water partition coefficient (Wildman–Crippen LogP) is 2.21. The molecule has 6 heteroatoms. The number of nitrogens with zero attached hydrogens (tertiary/aromatic N) is 3. The van der Waals surface area contributed by atoms with Crippen molar-refractivity contribution in [2.45, 2.75) is 0 Å². The molecule has 102 valence electrons. The van der Waals surface area contributed by atoms with E-state index in [1.54, 1.807) is 0 Å². The fraction of sp³-hybridized carbons (Fsp3) is 0. The van der Waals surface area contributed by atoms with E-state index in [2.05, 4.69) is 5.10 Å². The predicted molar refractivity (Wildman–Crippen MR) is 83.7 cm³/mol. The number of nitrogens with one attached hydrogen (secondary N) is 1. The van der Waals surface area contributed by atoms with E-state index >= 15 is 0 Å². The molecule has 5 nitrogen and oxygen atoms in total. The number of rotatable bonds is 1. The summed E-state index contributed by atoms with van der Waals surface area (Å²) in [4.78, 5) is 4.74. The fourth-order valence-corrected chi connectivity index (χ4v) is 2.69. The minimum absolute atomic E-state index is 0.449. The maximum Gasteiger partial charge on any atom is 0.346 e. The number of aromatic nitrogens is 4. The van der Waals surface area contributed by atoms with E-state index in [-0.39, 0.29) is 0 Å². The molecule has 2 aromatic carbocycles. The summed E-state index contributed by atoms with van der Waals surface area (Å²) in [6.07, 6.45) is 0. The van der Waals surface area contributed by atoms with Gasteiger partial charge < -0.3 is 0 Å². The van der Waals surface area contributed by atoms with Crippen LogP contribution in [0.2, 0.25) is 0 Å². The summed E-state index contributed by atoms with van der Waals surface area (Å²) in [5.41, 5.74) is 2.67. The van der Waals surface area contributed by atoms with Gasteiger partial charge in [-0.1, -0.05) is 34.8 Å². The van der Waals surface area contributed by atoms with Crippen molar-refractivity contribution in [3.8, 4) is 11.4 Å². The molecule has 0 saturated carbocycles. The van der Waals surface area contributed by atoms with Gasteiger partial charge in [0, 0.05) is 17.8 Å². The van der Waals surface area contributed by atoms with Crippen LogP contribution in [0.5, 0.6) is 0 Å². The summed E-state index contributed by atoms with van der Waals surface area (Å²) in [5.74, 6) is 6.86. The number of nitrogens with two attached hydrogens (primary N) is 1. The second-order valence-corrected chi connectivity index (χ2v) is 5.15. The van der Waals surface area contributed by atoms with Crippen LogP contribution in [0.4, 0.5) is 0 Å². The molecule has 0 unspecified atom stereocenters. The van der Waals surface area contributed by atoms with E-state index in [1.165, 1.54) is 4.68 Å². The average Bonchev–Trinajstić information content (AvgIpc) is 2.83. The minimum Gasteiger partial charge on any atom is -0.288 e. The van der Waals surface area contributed by atoms with Gasteiger partial charge in [0.25, 0.3) is 5.65 Å². The monoisotopic (exact) mass is 294 g/mol. The zero-order valence-electron chi connectivity index (χ0n) is 11.0. The first-order chi connectivity index (χ1) is 10.3. The number of nitrogen functional groups attached to an aromatic ring is 1. The molecule has 0 radical (unpaired) electrons. The third kappa shape index (κ3) is 1.73. The Balaban J connectivity index is 2.25. The summed E-state index contributed by atoms with van der Waals surface area (Å²) in [5, 5.41) is 4.04. The van der Waals surface area contributed by atoms with E-state index in [0.29, 0.717) is 4.77 Å². The molecule has 4 aromatic rings. The van der Waals surface area contributed by atoms with Crippen molar-refractivity contribution in [1.29, 1.82) is 0 Å². The highest BCUT2D eigenvalue weighted by Gasteiger charge is 2.20. The lowest BCUT2D eigenvalue weighted by Gasteiger charge is -2.03. The number of hydrogen-bond donors (Lipinski definition) is 2. The van der Waals surface area contributed by atoms with Crippen LogP contribution in [0.25, 0.3) is 27.9 Å². The molecule has 4 rings (SSSR count). The van der Waals surface area contributed by atoms with Crippen LogP contribution in [0.15, 0.2) is 54.6 Å². The fourth-order valence-electron chi connectivity index (χ4n) is 2.52. The molecule has 0 fully saturated rings. The highest BCUT2D eigenvalue weighted by Crippen LogP contribution is 2.22. The summed E-state index contributed by atoms with van der Waals surface area (Å²) in [6.45, 7) is 0. The summed E-state index contributed by atoms with van der Waals surface area (Å²) in [6, 6.07) is 17.8. The van der Waals surface area contributed by atoms with Crippen LogP contribution < -0.4 is 10.5 Å². The summed E-state index contributed by atoms with van der Waals surface area (Å²) < 4.78 is 3.76. The van der Waals surface area contributed by atoms with Crippen LogP contribution in [0.1, 0.15) is 0 Å². The molecule has 3 N–H and O–H groups in total. The first-order valence-electron chi connectivity index (χ1n) is 6.52. The average molecular weight is 294 g/mol. The number of hydrogen-bond acceptors (Lipinski definition) is 3. The van der Waals surface area contributed by atoms with Gasteiger partial charge in [0.2, 0.25) is 5.82 Å². The van der Waals surface area contributed by atoms with Crippen LogP contribution in [0, 0.1) is 4.77 Å². The van der Waals surface area contributed by atoms with Crippen molar-refractivity contribution in [3.63, 3.8) is 0 Å². The van der Waals surface area contributed by atoms with E-state index in [1.807, 2.05) is 59.1 Å². The Morgan fingerprint density at radius 2 is 1.76 bits per heavy atom. The smallest absolute Gasteiger partial charge is 0.288 e. The van der Waals surface area contributed by atoms with Gasteiger partial charge in [-0.15, -0.1) is 9.77 Å². The molecule has 0 amide bonds. The molecule has 2 heterocycles. The zero-order valence-corrected chi connectivity index (χ0v) is 11.8. The van der Waals surface area contributed by atoms with Crippen molar-refractivity contribution in [2.75, 3.05) is 5.84 Å². The number of fused-ring (bicyclic) bond motifs is 3. The standard InChI is InChI=1S/C15H11N5S/c16-19-14-11-8-4-5-9-12(11)17-13(20(14)18-15(19)21)10-6-2-1-3-7-10/h1-9H,16H2/p+1. The number of aromatic amines is 1. The molecule has 21 heavy (non-hydrogen) atoms. The van der Waals surface area contributed by atoms with Crippen molar-refractivity contribution in [3.05, 3.63) is 59.4 Å². The van der Waals surface area contributed by atoms with Gasteiger partial charge in [-0.2, -0.15) is 0 Å². The normalized spacial score (nSPS) is 11.2. The molecule has 0 bridgehead atoms. The number of para-hydroxylation sites is 1. The molecule has 0 atom stereocenters. The number of H-pyrrole nitrogens is 1. The van der Waals surface area contributed by atoms with Crippen molar-refractivity contribution < 1.29 is 4.68 Å². The molecule has 0 aliphatic carbocycles. The Hall–Kier alpha value is -2.73. The van der Waals surface area contributed by atoms with Crippen LogP contribution in [-0.2, 0) is 0 Å². The molecule has 0 aliphatic rings. The topological polar surface area (TPSA) is 63.0 Å². The quantitative estimate of drug-likeness (QED) is 0.321. The largest absolute Gasteiger partial charge is 0.346 e. The SMILES string of the molecule is N[n+]1c(=S)[nH]n2c(-c3ccccc3)nc3ccccc3c21. The summed E-state index contributed by atoms with van der Waals surface area (Å²) >= 11 is 5.26. The van der Waals surface area contributed by atoms with Crippen molar-refractivity contribution in [2.24, 2.45) is 0 Å². The Morgan fingerprint density at radius 1 is 1.05 bits per heavy atom. The highest BCUT2D eigenvalue weighted by atomic mass is 32.1. The Morgan fingerprint density at radius 3 is 2.57 bits per heavy atom. The van der Waals surface area contributed by atoms with Gasteiger partial charge in [-0.05, 0) is 24.3 Å². The first-order valence-corrected chi connectivity index (χ1v) is 6.92. The second kappa shape index (κ2) is 4.39. The van der Waals surface area contributed by atoms with Gasteiger partial charge in [0.15, 0.2) is 0 Å². The highest BCUT2D eigenvalue weighted by molar-refractivity contribution is 7.71. The number of benzene rings is 2. The zero-order chi connectivity index (χ0) is 14.4. The lowest BCUT2D eigenvalue weighted by atomic mass is 10.2. The van der Waals surface area contributed by atoms with Gasteiger partial charge in [-0.25, -0.2) is 4.98 Å². The molecular formula is C15H12N5S+. The third-order valence-corrected chi connectivity index (χ3v) is 3.77. The molecular weight excluding hydrogens is 282 g/mol. The second-order valence-electron chi connectivity index (χ2n) is 4.76. The van der Waals surface area contributed by atoms with Crippen LogP contribution in [-0.4, -0.2) is 14.6 Å². The lowest BCUT2D eigenvalue weighted by molar-refractivity contribution is -0.618. The van der Waals surface area contributed by atoms with E-state index < -0.39 is 0 Å². The molecule has 0 saturated heterocycles. The molecule has 2 aromatic heterocycles. The third-order valence-electron chi connectivity index (χ3n) is 3.48. The Labute approximate surface area is 125 Å². The van der Waals surface area contributed by atoms with Gasteiger partial charge >= 0.3 is 4.77 Å². The van der Waals surface area contributed by atoms with Crippen LogP contribution in [0.3, 0.4) is 0 Å². The van der Waals surface area contributed by atoms with E-state index in [0.717, 1.165) is 27.9 Å². The molecule has 0 spiro atoms. The first kappa shape index (κ1) is 12.0. The van der Waals surface area contributed by atoms with Crippen molar-refractivity contribution >= 4 is 28.8 Å². The molecule has 0 aliphatic heterocycles. The van der Waals surface area contributed by atoms with Gasteiger partial charge in [-0.3, -0.25) is 5.84 Å².